The summed E-state index contributed by atoms with van der Waals surface area (Å²) in [5, 5.41) is 3.23. The molecule has 20 heavy (non-hydrogen) atoms. The van der Waals surface area contributed by atoms with Crippen LogP contribution in [0.2, 0.25) is 0 Å². The number of alkyl halides is 3. The van der Waals surface area contributed by atoms with Crippen LogP contribution in [0.15, 0.2) is 0 Å². The van der Waals surface area contributed by atoms with Crippen LogP contribution in [0, 0.1) is 5.92 Å². The third-order valence-electron chi connectivity index (χ3n) is 4.21. The monoisotopic (exact) mass is 293 g/mol. The van der Waals surface area contributed by atoms with Gasteiger partial charge in [0.25, 0.3) is 0 Å². The minimum absolute atomic E-state index is 0.136. The van der Waals surface area contributed by atoms with Gasteiger partial charge in [0.15, 0.2) is 0 Å². The Hall–Kier alpha value is -0.820. The molecule has 0 aromatic rings. The Morgan fingerprint density at radius 3 is 2.75 bits per heavy atom. The second-order valence-corrected chi connectivity index (χ2v) is 5.74. The third-order valence-corrected chi connectivity index (χ3v) is 4.21. The lowest BCUT2D eigenvalue weighted by Crippen LogP contribution is -2.54. The lowest BCUT2D eigenvalue weighted by molar-refractivity contribution is -0.188. The molecule has 0 aromatic carbocycles. The lowest BCUT2D eigenvalue weighted by atomic mass is 9.97. The van der Waals surface area contributed by atoms with Gasteiger partial charge in [-0.3, -0.25) is 9.69 Å². The van der Waals surface area contributed by atoms with E-state index in [0.717, 1.165) is 19.6 Å². The van der Waals surface area contributed by atoms with E-state index in [0.29, 0.717) is 13.0 Å². The molecule has 0 aliphatic carbocycles. The third kappa shape index (κ3) is 3.85. The molecule has 2 aliphatic rings. The SMILES string of the molecule is C[C@@H]1CNCCN1CC(=O)N1CCCC(C(F)(F)F)C1. The van der Waals surface area contributed by atoms with E-state index in [1.165, 1.54) is 4.90 Å². The molecule has 0 aromatic heterocycles. The van der Waals surface area contributed by atoms with Crippen molar-refractivity contribution in [2.24, 2.45) is 5.92 Å². The molecule has 0 saturated carbocycles. The number of hydrogen-bond acceptors (Lipinski definition) is 3. The summed E-state index contributed by atoms with van der Waals surface area (Å²) in [5.41, 5.74) is 0. The van der Waals surface area contributed by atoms with Gasteiger partial charge in [-0.25, -0.2) is 0 Å². The summed E-state index contributed by atoms with van der Waals surface area (Å²) in [4.78, 5) is 15.6. The molecular weight excluding hydrogens is 271 g/mol. The van der Waals surface area contributed by atoms with Crippen molar-refractivity contribution in [2.75, 3.05) is 39.3 Å². The average Bonchev–Trinajstić information content (AvgIpc) is 2.40. The molecule has 1 amide bonds. The molecule has 4 nitrogen and oxygen atoms in total. The average molecular weight is 293 g/mol. The Morgan fingerprint density at radius 1 is 1.35 bits per heavy atom. The molecule has 116 valence electrons. The first-order valence-electron chi connectivity index (χ1n) is 7.17. The fourth-order valence-electron chi connectivity index (χ4n) is 2.86. The van der Waals surface area contributed by atoms with Crippen LogP contribution in [0.4, 0.5) is 13.2 Å². The van der Waals surface area contributed by atoms with Crippen molar-refractivity contribution in [1.82, 2.24) is 15.1 Å². The second-order valence-electron chi connectivity index (χ2n) is 5.74. The van der Waals surface area contributed by atoms with Gasteiger partial charge in [0.2, 0.25) is 5.91 Å². The van der Waals surface area contributed by atoms with Gasteiger partial charge in [-0.1, -0.05) is 0 Å². The highest BCUT2D eigenvalue weighted by Crippen LogP contribution is 2.33. The predicted molar refractivity (Wildman–Crippen MR) is 69.3 cm³/mol. The number of carbonyl (C=O) groups excluding carboxylic acids is 1. The number of halogens is 3. The van der Waals surface area contributed by atoms with Crippen molar-refractivity contribution >= 4 is 5.91 Å². The topological polar surface area (TPSA) is 35.6 Å². The number of piperazine rings is 1. The number of carbonyl (C=O) groups is 1. The van der Waals surface area contributed by atoms with Crippen molar-refractivity contribution in [2.45, 2.75) is 32.0 Å². The normalized spacial score (nSPS) is 29.5. The smallest absolute Gasteiger partial charge is 0.341 e. The van der Waals surface area contributed by atoms with Crippen molar-refractivity contribution < 1.29 is 18.0 Å². The van der Waals surface area contributed by atoms with E-state index in [1.807, 2.05) is 11.8 Å². The molecule has 2 atom stereocenters. The van der Waals surface area contributed by atoms with Gasteiger partial charge in [0, 0.05) is 38.8 Å². The van der Waals surface area contributed by atoms with E-state index in [9.17, 15) is 18.0 Å². The zero-order valence-corrected chi connectivity index (χ0v) is 11.7. The van der Waals surface area contributed by atoms with Gasteiger partial charge < -0.3 is 10.2 Å². The van der Waals surface area contributed by atoms with Crippen molar-refractivity contribution in [3.63, 3.8) is 0 Å². The first kappa shape index (κ1) is 15.6. The van der Waals surface area contributed by atoms with E-state index in [4.69, 9.17) is 0 Å². The fraction of sp³-hybridized carbons (Fsp3) is 0.923. The van der Waals surface area contributed by atoms with E-state index in [1.54, 1.807) is 0 Å². The second kappa shape index (κ2) is 6.30. The molecule has 0 radical (unpaired) electrons. The minimum atomic E-state index is -4.19. The summed E-state index contributed by atoms with van der Waals surface area (Å²) in [7, 11) is 0. The minimum Gasteiger partial charge on any atom is -0.341 e. The number of likely N-dealkylation sites (tertiary alicyclic amines) is 1. The summed E-state index contributed by atoms with van der Waals surface area (Å²) < 4.78 is 38.2. The molecule has 1 unspecified atom stereocenters. The van der Waals surface area contributed by atoms with Gasteiger partial charge in [-0.15, -0.1) is 0 Å². The van der Waals surface area contributed by atoms with Crippen LogP contribution < -0.4 is 5.32 Å². The number of nitrogens with one attached hydrogen (secondary N) is 1. The van der Waals surface area contributed by atoms with Crippen molar-refractivity contribution in [1.29, 1.82) is 0 Å². The van der Waals surface area contributed by atoms with E-state index in [2.05, 4.69) is 5.32 Å². The molecule has 2 rings (SSSR count). The van der Waals surface area contributed by atoms with Crippen molar-refractivity contribution in [3.05, 3.63) is 0 Å². The van der Waals surface area contributed by atoms with Crippen LogP contribution in [0.5, 0.6) is 0 Å². The Kier molecular flexibility index (Phi) is 4.90. The van der Waals surface area contributed by atoms with Crippen LogP contribution in [0.25, 0.3) is 0 Å². The van der Waals surface area contributed by atoms with Gasteiger partial charge in [-0.2, -0.15) is 13.2 Å². The summed E-state index contributed by atoms with van der Waals surface area (Å²) in [6.07, 6.45) is -3.62. The molecule has 2 saturated heterocycles. The number of hydrogen-bond donors (Lipinski definition) is 1. The maximum atomic E-state index is 12.7. The Labute approximate surface area is 117 Å². The van der Waals surface area contributed by atoms with Gasteiger partial charge in [-0.05, 0) is 19.8 Å². The Bertz CT molecular complexity index is 348. The van der Waals surface area contributed by atoms with Crippen molar-refractivity contribution in [3.8, 4) is 0 Å². The summed E-state index contributed by atoms with van der Waals surface area (Å²) >= 11 is 0. The standard InChI is InChI=1S/C13H22F3N3O/c1-10-7-17-4-6-18(10)9-12(20)19-5-2-3-11(8-19)13(14,15)16/h10-11,17H,2-9H2,1H3/t10-,11?/m1/s1. The van der Waals surface area contributed by atoms with Crippen LogP contribution in [0.3, 0.4) is 0 Å². The summed E-state index contributed by atoms with van der Waals surface area (Å²) in [6.45, 7) is 4.93. The zero-order valence-electron chi connectivity index (χ0n) is 11.7. The molecule has 2 fully saturated rings. The van der Waals surface area contributed by atoms with Crippen LogP contribution in [-0.2, 0) is 4.79 Å². The van der Waals surface area contributed by atoms with E-state index >= 15 is 0 Å². The maximum Gasteiger partial charge on any atom is 0.393 e. The molecule has 0 spiro atoms. The summed E-state index contributed by atoms with van der Waals surface area (Å²) in [5.74, 6) is -1.53. The van der Waals surface area contributed by atoms with Gasteiger partial charge in [0.05, 0.1) is 12.5 Å². The lowest BCUT2D eigenvalue weighted by Gasteiger charge is -2.37. The van der Waals surface area contributed by atoms with E-state index in [-0.39, 0.29) is 31.5 Å². The molecule has 1 N–H and O–H groups in total. The number of piperidine rings is 1. The first-order chi connectivity index (χ1) is 9.38. The maximum absolute atomic E-state index is 12.7. The highest BCUT2D eigenvalue weighted by atomic mass is 19.4. The number of nitrogens with zero attached hydrogens (tertiary/aromatic N) is 2. The molecule has 0 bridgehead atoms. The zero-order chi connectivity index (χ0) is 14.8. The van der Waals surface area contributed by atoms with E-state index < -0.39 is 12.1 Å². The number of rotatable bonds is 2. The van der Waals surface area contributed by atoms with Gasteiger partial charge in [0.1, 0.15) is 0 Å². The Morgan fingerprint density at radius 2 is 2.10 bits per heavy atom. The molecule has 2 aliphatic heterocycles. The van der Waals surface area contributed by atoms with Gasteiger partial charge >= 0.3 is 6.18 Å². The largest absolute Gasteiger partial charge is 0.393 e. The van der Waals surface area contributed by atoms with Crippen LogP contribution >= 0.6 is 0 Å². The highest BCUT2D eigenvalue weighted by Gasteiger charge is 2.42. The van der Waals surface area contributed by atoms with Crippen LogP contribution in [0.1, 0.15) is 19.8 Å². The quantitative estimate of drug-likeness (QED) is 0.827. The van der Waals surface area contributed by atoms with Crippen LogP contribution in [-0.4, -0.2) is 67.2 Å². The number of amides is 1. The first-order valence-corrected chi connectivity index (χ1v) is 7.17. The molecule has 7 heteroatoms. The highest BCUT2D eigenvalue weighted by molar-refractivity contribution is 5.78. The predicted octanol–water partition coefficient (Wildman–Crippen LogP) is 1.08. The summed E-state index contributed by atoms with van der Waals surface area (Å²) in [6, 6.07) is 0.246. The molecule has 2 heterocycles. The fourth-order valence-corrected chi connectivity index (χ4v) is 2.86. The molecular formula is C13H22F3N3O. The Balaban J connectivity index is 1.88.